The fourth-order valence-corrected chi connectivity index (χ4v) is 1.67. The van der Waals surface area contributed by atoms with Gasteiger partial charge in [-0.25, -0.2) is 14.5 Å². The van der Waals surface area contributed by atoms with E-state index in [2.05, 4.69) is 10.1 Å². The number of aromatic nitrogens is 3. The Morgan fingerprint density at radius 1 is 1.41 bits per heavy atom. The van der Waals surface area contributed by atoms with Crippen LogP contribution in [0.3, 0.4) is 0 Å². The zero-order valence-electron chi connectivity index (χ0n) is 9.51. The number of rotatable bonds is 2. The van der Waals surface area contributed by atoms with Crippen LogP contribution in [-0.2, 0) is 0 Å². The number of carboxylic acid groups (broad SMARTS) is 1. The highest BCUT2D eigenvalue weighted by molar-refractivity contribution is 5.95. The number of nitrogen functional groups attached to an aromatic ring is 1. The number of nitrogens with two attached hydrogens (primary N) is 1. The molecule has 0 saturated carbocycles. The predicted octanol–water partition coefficient (Wildman–Crippen LogP) is 1.16. The number of nitrogens with zero attached hydrogens (tertiary/aromatic N) is 3. The summed E-state index contributed by atoms with van der Waals surface area (Å²) in [7, 11) is 0. The molecule has 6 nitrogen and oxygen atoms in total. The van der Waals surface area contributed by atoms with Crippen molar-refractivity contribution < 1.29 is 9.90 Å². The largest absolute Gasteiger partial charge is 0.478 e. The quantitative estimate of drug-likeness (QED) is 0.758. The van der Waals surface area contributed by atoms with E-state index in [0.717, 1.165) is 0 Å². The van der Waals surface area contributed by atoms with Crippen molar-refractivity contribution >= 4 is 11.7 Å². The highest BCUT2D eigenvalue weighted by Gasteiger charge is 2.14. The number of para-hydroxylation sites is 1. The lowest BCUT2D eigenvalue weighted by molar-refractivity contribution is 0.0698. The van der Waals surface area contributed by atoms with Gasteiger partial charge in [-0.2, -0.15) is 5.10 Å². The molecule has 1 aromatic heterocycles. The molecule has 2 rings (SSSR count). The third kappa shape index (κ3) is 1.84. The first-order valence-electron chi connectivity index (χ1n) is 5.03. The number of benzene rings is 1. The van der Waals surface area contributed by atoms with Crippen LogP contribution in [0.2, 0.25) is 0 Å². The van der Waals surface area contributed by atoms with Crippen LogP contribution in [0, 0.1) is 13.8 Å². The molecule has 0 aliphatic heterocycles. The molecule has 0 amide bonds. The van der Waals surface area contributed by atoms with Gasteiger partial charge >= 0.3 is 5.97 Å². The minimum Gasteiger partial charge on any atom is -0.478 e. The molecule has 0 aliphatic carbocycles. The Bertz CT molecular complexity index is 589. The molecule has 88 valence electrons. The van der Waals surface area contributed by atoms with Gasteiger partial charge in [0, 0.05) is 0 Å². The van der Waals surface area contributed by atoms with Crippen molar-refractivity contribution in [1.82, 2.24) is 14.8 Å². The Morgan fingerprint density at radius 2 is 2.12 bits per heavy atom. The predicted molar refractivity (Wildman–Crippen MR) is 62.2 cm³/mol. The molecule has 1 aromatic carbocycles. The maximum atomic E-state index is 11.0. The lowest BCUT2D eigenvalue weighted by Gasteiger charge is -2.08. The summed E-state index contributed by atoms with van der Waals surface area (Å²) in [6.07, 6.45) is 0. The van der Waals surface area contributed by atoms with Gasteiger partial charge in [-0.1, -0.05) is 6.07 Å². The summed E-state index contributed by atoms with van der Waals surface area (Å²) in [4.78, 5) is 15.1. The Balaban J connectivity index is 2.64. The monoisotopic (exact) mass is 232 g/mol. The highest BCUT2D eigenvalue weighted by atomic mass is 16.4. The number of aromatic carboxylic acids is 1. The van der Waals surface area contributed by atoms with Gasteiger partial charge in [-0.05, 0) is 26.0 Å². The minimum atomic E-state index is -1.06. The van der Waals surface area contributed by atoms with Crippen LogP contribution in [0.5, 0.6) is 0 Å². The Hall–Kier alpha value is -2.37. The van der Waals surface area contributed by atoms with Gasteiger partial charge in [0.25, 0.3) is 0 Å². The average molecular weight is 232 g/mol. The van der Waals surface area contributed by atoms with Gasteiger partial charge in [-0.15, -0.1) is 0 Å². The van der Waals surface area contributed by atoms with E-state index in [4.69, 9.17) is 10.8 Å². The van der Waals surface area contributed by atoms with Gasteiger partial charge in [-0.3, -0.25) is 0 Å². The normalized spacial score (nSPS) is 10.5. The second kappa shape index (κ2) is 3.89. The van der Waals surface area contributed by atoms with E-state index >= 15 is 0 Å². The third-order valence-corrected chi connectivity index (χ3v) is 2.42. The minimum absolute atomic E-state index is 0.0649. The van der Waals surface area contributed by atoms with Crippen LogP contribution >= 0.6 is 0 Å². The number of hydrogen-bond donors (Lipinski definition) is 2. The molecule has 0 atom stereocenters. The van der Waals surface area contributed by atoms with Gasteiger partial charge < -0.3 is 10.8 Å². The summed E-state index contributed by atoms with van der Waals surface area (Å²) < 4.78 is 1.54. The summed E-state index contributed by atoms with van der Waals surface area (Å²) in [5, 5.41) is 13.2. The summed E-state index contributed by atoms with van der Waals surface area (Å²) >= 11 is 0. The second-order valence-corrected chi connectivity index (χ2v) is 3.66. The second-order valence-electron chi connectivity index (χ2n) is 3.66. The number of anilines is 1. The number of aryl methyl sites for hydroxylation is 2. The van der Waals surface area contributed by atoms with Crippen molar-refractivity contribution in [2.45, 2.75) is 13.8 Å². The fourth-order valence-electron chi connectivity index (χ4n) is 1.67. The smallest absolute Gasteiger partial charge is 0.337 e. The van der Waals surface area contributed by atoms with Crippen LogP contribution in [0.4, 0.5) is 5.69 Å². The Kier molecular flexibility index (Phi) is 2.55. The lowest BCUT2D eigenvalue weighted by Crippen LogP contribution is -2.09. The van der Waals surface area contributed by atoms with Crippen LogP contribution in [-0.4, -0.2) is 25.8 Å². The summed E-state index contributed by atoms with van der Waals surface area (Å²) in [5.74, 6) is 0.221. The van der Waals surface area contributed by atoms with Crippen molar-refractivity contribution in [3.63, 3.8) is 0 Å². The molecule has 0 spiro atoms. The van der Waals surface area contributed by atoms with Crippen molar-refractivity contribution in [2.24, 2.45) is 0 Å². The summed E-state index contributed by atoms with van der Waals surface area (Å²) in [6, 6.07) is 4.80. The maximum absolute atomic E-state index is 11.0. The average Bonchev–Trinajstić information content (AvgIpc) is 2.57. The van der Waals surface area contributed by atoms with Gasteiger partial charge in [0.1, 0.15) is 11.6 Å². The molecule has 0 radical (unpaired) electrons. The molecule has 0 aliphatic rings. The Labute approximate surface area is 97.7 Å². The lowest BCUT2D eigenvalue weighted by atomic mass is 10.1. The molecule has 1 heterocycles. The first-order chi connectivity index (χ1) is 8.00. The van der Waals surface area contributed by atoms with E-state index in [-0.39, 0.29) is 11.3 Å². The number of carboxylic acids is 1. The summed E-state index contributed by atoms with van der Waals surface area (Å²) in [5.41, 5.74) is 6.61. The van der Waals surface area contributed by atoms with E-state index in [9.17, 15) is 4.79 Å². The molecule has 0 fully saturated rings. The number of hydrogen-bond acceptors (Lipinski definition) is 4. The number of carbonyl (C=O) groups is 1. The zero-order valence-corrected chi connectivity index (χ0v) is 9.51. The standard InChI is InChI=1S/C11H12N4O2/c1-6-13-7(2)15(14-6)9-5-3-4-8(10(9)12)11(16)17/h3-5H,12H2,1-2H3,(H,16,17). The maximum Gasteiger partial charge on any atom is 0.337 e. The van der Waals surface area contributed by atoms with Crippen LogP contribution in [0.15, 0.2) is 18.2 Å². The molecule has 0 saturated heterocycles. The van der Waals surface area contributed by atoms with E-state index in [0.29, 0.717) is 17.3 Å². The molecule has 0 bridgehead atoms. The molecule has 2 aromatic rings. The van der Waals surface area contributed by atoms with E-state index in [1.807, 2.05) is 0 Å². The van der Waals surface area contributed by atoms with Crippen molar-refractivity contribution in [3.8, 4) is 5.69 Å². The van der Waals surface area contributed by atoms with Crippen molar-refractivity contribution in [1.29, 1.82) is 0 Å². The SMILES string of the molecule is Cc1nc(C)n(-c2cccc(C(=O)O)c2N)n1. The fraction of sp³-hybridized carbons (Fsp3) is 0.182. The van der Waals surface area contributed by atoms with Crippen molar-refractivity contribution in [2.75, 3.05) is 5.73 Å². The molecular weight excluding hydrogens is 220 g/mol. The summed E-state index contributed by atoms with van der Waals surface area (Å²) in [6.45, 7) is 3.55. The van der Waals surface area contributed by atoms with E-state index in [1.54, 1.807) is 26.0 Å². The van der Waals surface area contributed by atoms with Gasteiger partial charge in [0.05, 0.1) is 16.9 Å². The first-order valence-corrected chi connectivity index (χ1v) is 5.03. The first kappa shape index (κ1) is 11.1. The zero-order chi connectivity index (χ0) is 12.6. The van der Waals surface area contributed by atoms with Crippen LogP contribution in [0.25, 0.3) is 5.69 Å². The molecule has 6 heteroatoms. The Morgan fingerprint density at radius 3 is 2.65 bits per heavy atom. The molecular formula is C11H12N4O2. The van der Waals surface area contributed by atoms with Crippen LogP contribution in [0.1, 0.15) is 22.0 Å². The van der Waals surface area contributed by atoms with Crippen molar-refractivity contribution in [3.05, 3.63) is 35.4 Å². The van der Waals surface area contributed by atoms with E-state index in [1.165, 1.54) is 10.7 Å². The van der Waals surface area contributed by atoms with Crippen LogP contribution < -0.4 is 5.73 Å². The van der Waals surface area contributed by atoms with E-state index < -0.39 is 5.97 Å². The molecule has 0 unspecified atom stereocenters. The molecule has 3 N–H and O–H groups in total. The molecule has 17 heavy (non-hydrogen) atoms. The third-order valence-electron chi connectivity index (χ3n) is 2.42. The topological polar surface area (TPSA) is 94.0 Å². The van der Waals surface area contributed by atoms with Gasteiger partial charge in [0.15, 0.2) is 0 Å². The highest BCUT2D eigenvalue weighted by Crippen LogP contribution is 2.22. The van der Waals surface area contributed by atoms with Gasteiger partial charge in [0.2, 0.25) is 0 Å².